The number of H-pyrrole nitrogens is 1. The van der Waals surface area contributed by atoms with Gasteiger partial charge in [-0.15, -0.1) is 0 Å². The molecule has 132 valence electrons. The second-order valence-electron chi connectivity index (χ2n) is 5.82. The Bertz CT molecular complexity index is 905. The Kier molecular flexibility index (Phi) is 4.98. The van der Waals surface area contributed by atoms with Gasteiger partial charge in [0, 0.05) is 29.9 Å². The summed E-state index contributed by atoms with van der Waals surface area (Å²) >= 11 is 0. The number of rotatable bonds is 6. The normalized spacial score (nSPS) is 11.7. The van der Waals surface area contributed by atoms with Crippen molar-refractivity contribution in [3.05, 3.63) is 72.1 Å². The molecule has 7 heteroatoms. The first-order valence-electron chi connectivity index (χ1n) is 8.01. The number of aromatic hydroxyl groups is 1. The van der Waals surface area contributed by atoms with Gasteiger partial charge in [-0.05, 0) is 29.8 Å². The van der Waals surface area contributed by atoms with Crippen molar-refractivity contribution in [2.75, 3.05) is 0 Å². The molecule has 1 heterocycles. The van der Waals surface area contributed by atoms with E-state index in [2.05, 4.69) is 15.3 Å². The van der Waals surface area contributed by atoms with Crippen molar-refractivity contribution in [3.8, 4) is 17.1 Å². The van der Waals surface area contributed by atoms with E-state index in [-0.39, 0.29) is 12.2 Å². The maximum absolute atomic E-state index is 12.5. The molecular weight excluding hydrogens is 332 g/mol. The van der Waals surface area contributed by atoms with Crippen molar-refractivity contribution in [3.63, 3.8) is 0 Å². The molecule has 0 saturated heterocycles. The molecule has 0 bridgehead atoms. The van der Waals surface area contributed by atoms with Crippen LogP contribution < -0.4 is 11.1 Å². The van der Waals surface area contributed by atoms with Gasteiger partial charge in [0.2, 0.25) is 5.91 Å². The van der Waals surface area contributed by atoms with E-state index >= 15 is 0 Å². The average Bonchev–Trinajstić information content (AvgIpc) is 3.17. The second kappa shape index (κ2) is 7.52. The van der Waals surface area contributed by atoms with E-state index in [0.717, 1.165) is 11.1 Å². The Labute approximate surface area is 149 Å². The minimum Gasteiger partial charge on any atom is -0.508 e. The van der Waals surface area contributed by atoms with Crippen LogP contribution in [-0.2, 0) is 11.2 Å². The van der Waals surface area contributed by atoms with Gasteiger partial charge >= 0.3 is 0 Å². The summed E-state index contributed by atoms with van der Waals surface area (Å²) in [4.78, 5) is 31.4. The van der Waals surface area contributed by atoms with Gasteiger partial charge < -0.3 is 21.1 Å². The lowest BCUT2D eigenvalue weighted by atomic mass is 10.0. The number of benzene rings is 2. The fourth-order valence-corrected chi connectivity index (χ4v) is 2.56. The van der Waals surface area contributed by atoms with Crippen molar-refractivity contribution in [2.24, 2.45) is 5.73 Å². The predicted molar refractivity (Wildman–Crippen MR) is 96.3 cm³/mol. The lowest BCUT2D eigenvalue weighted by Crippen LogP contribution is -2.45. The van der Waals surface area contributed by atoms with Gasteiger partial charge in [0.15, 0.2) is 0 Å². The SMILES string of the molecule is NC(=O)C(Cc1ccc(O)cc1)NC(=O)c1cccc(-c2ncc[nH]2)c1. The molecule has 0 spiro atoms. The highest BCUT2D eigenvalue weighted by Gasteiger charge is 2.20. The number of nitrogens with two attached hydrogens (primary N) is 1. The lowest BCUT2D eigenvalue weighted by molar-refractivity contribution is -0.119. The molecule has 26 heavy (non-hydrogen) atoms. The maximum atomic E-state index is 12.5. The Hall–Kier alpha value is -3.61. The number of aromatic nitrogens is 2. The summed E-state index contributed by atoms with van der Waals surface area (Å²) < 4.78 is 0. The maximum Gasteiger partial charge on any atom is 0.251 e. The number of amides is 2. The minimum atomic E-state index is -0.862. The largest absolute Gasteiger partial charge is 0.508 e. The summed E-state index contributed by atoms with van der Waals surface area (Å²) in [6, 6.07) is 12.4. The van der Waals surface area contributed by atoms with Gasteiger partial charge in [-0.1, -0.05) is 24.3 Å². The standard InChI is InChI=1S/C19H18N4O3/c20-17(25)16(10-12-4-6-15(24)7-5-12)23-19(26)14-3-1-2-13(11-14)18-21-8-9-22-18/h1-9,11,16,24H,10H2,(H2,20,25)(H,21,22)(H,23,26). The van der Waals surface area contributed by atoms with E-state index in [0.29, 0.717) is 11.4 Å². The summed E-state index contributed by atoms with van der Waals surface area (Å²) in [7, 11) is 0. The smallest absolute Gasteiger partial charge is 0.251 e. The number of nitrogens with one attached hydrogen (secondary N) is 2. The van der Waals surface area contributed by atoms with Crippen LogP contribution in [0.15, 0.2) is 60.9 Å². The molecule has 2 aromatic carbocycles. The molecule has 0 aliphatic carbocycles. The molecule has 0 aliphatic heterocycles. The van der Waals surface area contributed by atoms with Crippen LogP contribution in [0.4, 0.5) is 0 Å². The Morgan fingerprint density at radius 1 is 1.19 bits per heavy atom. The first-order chi connectivity index (χ1) is 12.5. The van der Waals surface area contributed by atoms with E-state index in [9.17, 15) is 14.7 Å². The highest BCUT2D eigenvalue weighted by Crippen LogP contribution is 2.16. The van der Waals surface area contributed by atoms with E-state index in [1.807, 2.05) is 6.07 Å². The first-order valence-corrected chi connectivity index (χ1v) is 8.01. The quantitative estimate of drug-likeness (QED) is 0.539. The molecule has 0 aliphatic rings. The molecule has 0 fully saturated rings. The number of primary amides is 1. The fourth-order valence-electron chi connectivity index (χ4n) is 2.56. The van der Waals surface area contributed by atoms with Crippen LogP contribution in [0.25, 0.3) is 11.4 Å². The molecule has 1 atom stereocenters. The van der Waals surface area contributed by atoms with Crippen molar-refractivity contribution < 1.29 is 14.7 Å². The molecule has 3 aromatic rings. The van der Waals surface area contributed by atoms with Gasteiger partial charge in [-0.3, -0.25) is 9.59 Å². The van der Waals surface area contributed by atoms with Gasteiger partial charge in [0.25, 0.3) is 5.91 Å². The van der Waals surface area contributed by atoms with Crippen molar-refractivity contribution in [1.82, 2.24) is 15.3 Å². The van der Waals surface area contributed by atoms with Crippen LogP contribution in [0, 0.1) is 0 Å². The number of phenols is 1. The van der Waals surface area contributed by atoms with Crippen LogP contribution >= 0.6 is 0 Å². The molecule has 1 aromatic heterocycles. The topological polar surface area (TPSA) is 121 Å². The first kappa shape index (κ1) is 17.2. The monoisotopic (exact) mass is 350 g/mol. The number of nitrogens with zero attached hydrogens (tertiary/aromatic N) is 1. The summed E-state index contributed by atoms with van der Waals surface area (Å²) in [6.07, 6.45) is 3.56. The van der Waals surface area contributed by atoms with Gasteiger partial charge in [0.05, 0.1) is 0 Å². The molecular formula is C19H18N4O3. The van der Waals surface area contributed by atoms with E-state index in [1.165, 1.54) is 12.1 Å². The summed E-state index contributed by atoms with van der Waals surface area (Å²) in [5, 5.41) is 12.0. The highest BCUT2D eigenvalue weighted by atomic mass is 16.3. The third kappa shape index (κ3) is 4.07. The zero-order chi connectivity index (χ0) is 18.5. The van der Waals surface area contributed by atoms with E-state index < -0.39 is 17.9 Å². The Morgan fingerprint density at radius 3 is 2.62 bits per heavy atom. The van der Waals surface area contributed by atoms with Crippen LogP contribution in [0.5, 0.6) is 5.75 Å². The summed E-state index contributed by atoms with van der Waals surface area (Å²) in [5.41, 5.74) is 7.36. The third-order valence-electron chi connectivity index (χ3n) is 3.92. The molecule has 7 nitrogen and oxygen atoms in total. The molecule has 5 N–H and O–H groups in total. The van der Waals surface area contributed by atoms with Crippen molar-refractivity contribution >= 4 is 11.8 Å². The van der Waals surface area contributed by atoms with Crippen LogP contribution in [0.1, 0.15) is 15.9 Å². The fraction of sp³-hybridized carbons (Fsp3) is 0.105. The number of hydrogen-bond donors (Lipinski definition) is 4. The Morgan fingerprint density at radius 2 is 1.96 bits per heavy atom. The summed E-state index contributed by atoms with van der Waals surface area (Å²) in [6.45, 7) is 0. The van der Waals surface area contributed by atoms with Crippen molar-refractivity contribution in [1.29, 1.82) is 0 Å². The molecule has 2 amide bonds. The molecule has 0 saturated carbocycles. The summed E-state index contributed by atoms with van der Waals surface area (Å²) in [5.74, 6) is -0.257. The van der Waals surface area contributed by atoms with E-state index in [1.54, 1.807) is 42.7 Å². The predicted octanol–water partition coefficient (Wildman–Crippen LogP) is 1.61. The minimum absolute atomic E-state index is 0.128. The number of aromatic amines is 1. The van der Waals surface area contributed by atoms with Crippen LogP contribution in [0.2, 0.25) is 0 Å². The molecule has 1 unspecified atom stereocenters. The number of carbonyl (C=O) groups excluding carboxylic acids is 2. The average molecular weight is 350 g/mol. The van der Waals surface area contributed by atoms with Gasteiger partial charge in [-0.25, -0.2) is 4.98 Å². The van der Waals surface area contributed by atoms with Gasteiger partial charge in [0.1, 0.15) is 17.6 Å². The number of imidazole rings is 1. The number of phenolic OH excluding ortho intramolecular Hbond substituents is 1. The number of carbonyl (C=O) groups is 2. The van der Waals surface area contributed by atoms with Crippen LogP contribution in [0.3, 0.4) is 0 Å². The zero-order valence-electron chi connectivity index (χ0n) is 13.8. The van der Waals surface area contributed by atoms with Gasteiger partial charge in [-0.2, -0.15) is 0 Å². The van der Waals surface area contributed by atoms with E-state index in [4.69, 9.17) is 5.73 Å². The van der Waals surface area contributed by atoms with Crippen molar-refractivity contribution in [2.45, 2.75) is 12.5 Å². The Balaban J connectivity index is 1.75. The zero-order valence-corrected chi connectivity index (χ0v) is 13.8. The highest BCUT2D eigenvalue weighted by molar-refractivity contribution is 5.98. The third-order valence-corrected chi connectivity index (χ3v) is 3.92. The molecule has 3 rings (SSSR count). The van der Waals surface area contributed by atoms with Crippen LogP contribution in [-0.4, -0.2) is 32.9 Å². The second-order valence-corrected chi connectivity index (χ2v) is 5.82. The molecule has 0 radical (unpaired) electrons. The number of hydrogen-bond acceptors (Lipinski definition) is 4. The lowest BCUT2D eigenvalue weighted by Gasteiger charge is -2.16.